The predicted octanol–water partition coefficient (Wildman–Crippen LogP) is 3.97. The van der Waals surface area contributed by atoms with E-state index < -0.39 is 0 Å². The molecule has 0 saturated heterocycles. The molecule has 4 rings (SSSR count). The van der Waals surface area contributed by atoms with Crippen molar-refractivity contribution in [2.24, 2.45) is 0 Å². The van der Waals surface area contributed by atoms with Crippen LogP contribution in [0.1, 0.15) is 15.9 Å². The summed E-state index contributed by atoms with van der Waals surface area (Å²) < 4.78 is 1.80. The number of hydrogen-bond acceptors (Lipinski definition) is 5. The Morgan fingerprint density at radius 1 is 0.964 bits per heavy atom. The molecule has 28 heavy (non-hydrogen) atoms. The Balaban J connectivity index is 1.43. The largest absolute Gasteiger partial charge is 0.340 e. The fourth-order valence-corrected chi connectivity index (χ4v) is 2.64. The van der Waals surface area contributed by atoms with E-state index >= 15 is 0 Å². The maximum absolute atomic E-state index is 12.3. The van der Waals surface area contributed by atoms with E-state index in [1.54, 1.807) is 17.1 Å². The number of benzene rings is 2. The minimum atomic E-state index is -0.138. The maximum Gasteiger partial charge on any atom is 0.255 e. The standard InChI is InChI=1S/C21H18N6O/c1-15-2-4-16(5-3-15)21(28)26-18-8-6-17(7-9-18)25-19-12-20(24-13-23-19)27-11-10-22-14-27/h2-14H,1H3,(H,26,28)(H,23,24,25). The lowest BCUT2D eigenvalue weighted by molar-refractivity contribution is 0.102. The summed E-state index contributed by atoms with van der Waals surface area (Å²) in [5, 5.41) is 6.12. The molecule has 138 valence electrons. The Morgan fingerprint density at radius 3 is 2.43 bits per heavy atom. The van der Waals surface area contributed by atoms with E-state index in [0.717, 1.165) is 22.8 Å². The normalized spacial score (nSPS) is 10.5. The van der Waals surface area contributed by atoms with E-state index in [2.05, 4.69) is 25.6 Å². The molecule has 0 fully saturated rings. The van der Waals surface area contributed by atoms with Crippen molar-refractivity contribution in [3.05, 3.63) is 90.8 Å². The van der Waals surface area contributed by atoms with Crippen LogP contribution in [0.3, 0.4) is 0 Å². The number of rotatable bonds is 5. The molecule has 1 amide bonds. The van der Waals surface area contributed by atoms with Crippen LogP contribution in [0.5, 0.6) is 0 Å². The Bertz CT molecular complexity index is 1070. The smallest absolute Gasteiger partial charge is 0.255 e. The Hall–Kier alpha value is -4.00. The van der Waals surface area contributed by atoms with E-state index in [4.69, 9.17) is 0 Å². The lowest BCUT2D eigenvalue weighted by Gasteiger charge is -2.09. The van der Waals surface area contributed by atoms with Crippen LogP contribution in [-0.4, -0.2) is 25.4 Å². The highest BCUT2D eigenvalue weighted by Gasteiger charge is 2.06. The first-order valence-electron chi connectivity index (χ1n) is 8.73. The second-order valence-electron chi connectivity index (χ2n) is 6.25. The van der Waals surface area contributed by atoms with Gasteiger partial charge in [0.25, 0.3) is 5.91 Å². The molecule has 7 heteroatoms. The number of aromatic nitrogens is 4. The van der Waals surface area contributed by atoms with Crippen LogP contribution in [0.25, 0.3) is 5.82 Å². The number of imidazole rings is 1. The van der Waals surface area contributed by atoms with E-state index in [1.165, 1.54) is 6.33 Å². The van der Waals surface area contributed by atoms with Gasteiger partial charge < -0.3 is 10.6 Å². The van der Waals surface area contributed by atoms with Gasteiger partial charge in [-0.25, -0.2) is 15.0 Å². The number of anilines is 3. The third-order valence-corrected chi connectivity index (χ3v) is 4.15. The summed E-state index contributed by atoms with van der Waals surface area (Å²) >= 11 is 0. The summed E-state index contributed by atoms with van der Waals surface area (Å²) in [5.74, 6) is 1.24. The summed E-state index contributed by atoms with van der Waals surface area (Å²) in [6.07, 6.45) is 6.68. The van der Waals surface area contributed by atoms with Gasteiger partial charge >= 0.3 is 0 Å². The topological polar surface area (TPSA) is 84.7 Å². The number of nitrogens with zero attached hydrogens (tertiary/aromatic N) is 4. The lowest BCUT2D eigenvalue weighted by Crippen LogP contribution is -2.11. The van der Waals surface area contributed by atoms with Crippen molar-refractivity contribution in [2.45, 2.75) is 6.92 Å². The van der Waals surface area contributed by atoms with Crippen molar-refractivity contribution in [3.63, 3.8) is 0 Å². The van der Waals surface area contributed by atoms with Gasteiger partial charge in [-0.1, -0.05) is 17.7 Å². The minimum absolute atomic E-state index is 0.138. The Kier molecular flexibility index (Phi) is 4.79. The molecule has 2 N–H and O–H groups in total. The number of carbonyl (C=O) groups excluding carboxylic acids is 1. The van der Waals surface area contributed by atoms with Gasteiger partial charge in [0, 0.05) is 35.4 Å². The van der Waals surface area contributed by atoms with E-state index in [-0.39, 0.29) is 5.91 Å². The second-order valence-corrected chi connectivity index (χ2v) is 6.25. The molecule has 7 nitrogen and oxygen atoms in total. The minimum Gasteiger partial charge on any atom is -0.340 e. The SMILES string of the molecule is Cc1ccc(C(=O)Nc2ccc(Nc3cc(-n4ccnc4)ncn3)cc2)cc1. The highest BCUT2D eigenvalue weighted by atomic mass is 16.1. The van der Waals surface area contributed by atoms with Gasteiger partial charge in [-0.3, -0.25) is 9.36 Å². The summed E-state index contributed by atoms with van der Waals surface area (Å²) in [6.45, 7) is 1.99. The molecule has 0 radical (unpaired) electrons. The zero-order valence-corrected chi connectivity index (χ0v) is 15.2. The molecule has 0 aliphatic rings. The number of hydrogen-bond donors (Lipinski definition) is 2. The Labute approximate surface area is 162 Å². The average molecular weight is 370 g/mol. The molecule has 0 aliphatic heterocycles. The van der Waals surface area contributed by atoms with Crippen LogP contribution < -0.4 is 10.6 Å². The van der Waals surface area contributed by atoms with Crippen LogP contribution in [-0.2, 0) is 0 Å². The Morgan fingerprint density at radius 2 is 1.71 bits per heavy atom. The van der Waals surface area contributed by atoms with Gasteiger partial charge in [0.05, 0.1) is 0 Å². The molecule has 0 unspecified atom stereocenters. The summed E-state index contributed by atoms with van der Waals surface area (Å²) in [7, 11) is 0. The van der Waals surface area contributed by atoms with Crippen molar-refractivity contribution < 1.29 is 4.79 Å². The fourth-order valence-electron chi connectivity index (χ4n) is 2.64. The van der Waals surface area contributed by atoms with Crippen LogP contribution in [0, 0.1) is 6.92 Å². The van der Waals surface area contributed by atoms with Crippen molar-refractivity contribution in [1.82, 2.24) is 19.5 Å². The highest BCUT2D eigenvalue weighted by molar-refractivity contribution is 6.04. The monoisotopic (exact) mass is 370 g/mol. The van der Waals surface area contributed by atoms with Crippen LogP contribution >= 0.6 is 0 Å². The average Bonchev–Trinajstić information content (AvgIpc) is 3.25. The van der Waals surface area contributed by atoms with Crippen molar-refractivity contribution in [3.8, 4) is 5.82 Å². The van der Waals surface area contributed by atoms with Crippen LogP contribution in [0.4, 0.5) is 17.2 Å². The number of aryl methyl sites for hydroxylation is 1. The highest BCUT2D eigenvalue weighted by Crippen LogP contribution is 2.19. The van der Waals surface area contributed by atoms with Gasteiger partial charge in [0.1, 0.15) is 24.3 Å². The number of amides is 1. The molecule has 2 heterocycles. The molecule has 4 aromatic rings. The van der Waals surface area contributed by atoms with E-state index in [1.807, 2.05) is 67.7 Å². The fraction of sp³-hybridized carbons (Fsp3) is 0.0476. The van der Waals surface area contributed by atoms with Crippen molar-refractivity contribution in [1.29, 1.82) is 0 Å². The van der Waals surface area contributed by atoms with Gasteiger partial charge in [-0.15, -0.1) is 0 Å². The summed E-state index contributed by atoms with van der Waals surface area (Å²) in [5.41, 5.74) is 3.32. The maximum atomic E-state index is 12.3. The third kappa shape index (κ3) is 4.04. The summed E-state index contributed by atoms with van der Waals surface area (Å²) in [6, 6.07) is 16.7. The first-order valence-corrected chi connectivity index (χ1v) is 8.73. The molecule has 0 spiro atoms. The first-order chi connectivity index (χ1) is 13.7. The van der Waals surface area contributed by atoms with Gasteiger partial charge in [0.2, 0.25) is 0 Å². The van der Waals surface area contributed by atoms with Crippen LogP contribution in [0.15, 0.2) is 79.6 Å². The van der Waals surface area contributed by atoms with Gasteiger partial charge in [0.15, 0.2) is 0 Å². The molecule has 0 saturated carbocycles. The van der Waals surface area contributed by atoms with Crippen molar-refractivity contribution in [2.75, 3.05) is 10.6 Å². The van der Waals surface area contributed by atoms with E-state index in [9.17, 15) is 4.79 Å². The quantitative estimate of drug-likeness (QED) is 0.555. The molecule has 2 aromatic carbocycles. The summed E-state index contributed by atoms with van der Waals surface area (Å²) in [4.78, 5) is 24.8. The van der Waals surface area contributed by atoms with Crippen molar-refractivity contribution >= 4 is 23.1 Å². The molecule has 2 aromatic heterocycles. The zero-order valence-electron chi connectivity index (χ0n) is 15.2. The first kappa shape index (κ1) is 17.4. The molecule has 0 atom stereocenters. The number of carbonyl (C=O) groups is 1. The third-order valence-electron chi connectivity index (χ3n) is 4.15. The number of nitrogens with one attached hydrogen (secondary N) is 2. The van der Waals surface area contributed by atoms with E-state index in [0.29, 0.717) is 11.4 Å². The molecule has 0 aliphatic carbocycles. The zero-order chi connectivity index (χ0) is 19.3. The van der Waals surface area contributed by atoms with Crippen LogP contribution in [0.2, 0.25) is 0 Å². The lowest BCUT2D eigenvalue weighted by atomic mass is 10.1. The molecule has 0 bridgehead atoms. The predicted molar refractivity (Wildman–Crippen MR) is 108 cm³/mol. The second kappa shape index (κ2) is 7.71. The van der Waals surface area contributed by atoms with Gasteiger partial charge in [-0.2, -0.15) is 0 Å². The molecular formula is C21H18N6O. The molecular weight excluding hydrogens is 352 g/mol. The van der Waals surface area contributed by atoms with Gasteiger partial charge in [-0.05, 0) is 43.3 Å².